The zero-order valence-electron chi connectivity index (χ0n) is 13.0. The van der Waals surface area contributed by atoms with Gasteiger partial charge in [-0.05, 0) is 23.6 Å². The molecule has 0 saturated carbocycles. The maximum Gasteiger partial charge on any atom is 0.259 e. The molecular formula is C17H15N5O3. The third-order valence-corrected chi connectivity index (χ3v) is 3.49. The molecule has 0 aliphatic rings. The molecule has 3 rings (SSSR count). The minimum absolute atomic E-state index is 0.0514. The van der Waals surface area contributed by atoms with Crippen LogP contribution in [0.15, 0.2) is 53.7 Å². The number of carbonyl (C=O) groups excluding carboxylic acids is 1. The second-order valence-corrected chi connectivity index (χ2v) is 5.24. The summed E-state index contributed by atoms with van der Waals surface area (Å²) in [6.45, 7) is 0. The van der Waals surface area contributed by atoms with Crippen LogP contribution in [-0.4, -0.2) is 27.1 Å². The Morgan fingerprint density at radius 2 is 1.84 bits per heavy atom. The normalized spacial score (nSPS) is 10.4. The zero-order chi connectivity index (χ0) is 18.0. The largest absolute Gasteiger partial charge is 0.504 e. The van der Waals surface area contributed by atoms with E-state index in [-0.39, 0.29) is 17.3 Å². The summed E-state index contributed by atoms with van der Waals surface area (Å²) in [5.41, 5.74) is 10.9. The van der Waals surface area contributed by atoms with Crippen molar-refractivity contribution in [1.29, 1.82) is 0 Å². The van der Waals surface area contributed by atoms with Gasteiger partial charge in [0, 0.05) is 5.39 Å². The van der Waals surface area contributed by atoms with Gasteiger partial charge in [0.05, 0.1) is 17.4 Å². The molecule has 1 aromatic heterocycles. The highest BCUT2D eigenvalue weighted by Crippen LogP contribution is 2.37. The van der Waals surface area contributed by atoms with Crippen LogP contribution in [0.5, 0.6) is 11.5 Å². The molecule has 3 aromatic rings. The second kappa shape index (κ2) is 6.36. The zero-order valence-corrected chi connectivity index (χ0v) is 13.0. The number of hydrogen-bond acceptors (Lipinski definition) is 5. The fourth-order valence-corrected chi connectivity index (χ4v) is 2.35. The Kier molecular flexibility index (Phi) is 4.09. The number of pyridine rings is 1. The number of phenols is 2. The predicted molar refractivity (Wildman–Crippen MR) is 94.9 cm³/mol. The number of fused-ring (bicyclic) bond motifs is 1. The first-order chi connectivity index (χ1) is 12.0. The summed E-state index contributed by atoms with van der Waals surface area (Å²) in [5.74, 6) is -1.24. The number of nitrogens with one attached hydrogen (secondary N) is 1. The van der Waals surface area contributed by atoms with Gasteiger partial charge in [0.1, 0.15) is 0 Å². The third-order valence-electron chi connectivity index (χ3n) is 3.49. The minimum Gasteiger partial charge on any atom is -0.504 e. The number of aliphatic imine (C=N–C) groups is 1. The SMILES string of the molecule is NC(N)=Nc1ccc(NC(=O)c2cc3ccccc3c(O)c2O)cn1. The molecule has 0 aliphatic heterocycles. The van der Waals surface area contributed by atoms with E-state index in [9.17, 15) is 15.0 Å². The van der Waals surface area contributed by atoms with Crippen LogP contribution in [-0.2, 0) is 0 Å². The molecule has 1 heterocycles. The first-order valence-electron chi connectivity index (χ1n) is 7.26. The van der Waals surface area contributed by atoms with Crippen LogP contribution in [0.3, 0.4) is 0 Å². The average molecular weight is 337 g/mol. The lowest BCUT2D eigenvalue weighted by Gasteiger charge is -2.10. The van der Waals surface area contributed by atoms with Crippen molar-refractivity contribution in [2.45, 2.75) is 0 Å². The van der Waals surface area contributed by atoms with E-state index >= 15 is 0 Å². The molecule has 0 spiro atoms. The summed E-state index contributed by atoms with van der Waals surface area (Å²) in [7, 11) is 0. The van der Waals surface area contributed by atoms with Crippen LogP contribution in [0.1, 0.15) is 10.4 Å². The van der Waals surface area contributed by atoms with Crippen molar-refractivity contribution in [3.05, 3.63) is 54.2 Å². The van der Waals surface area contributed by atoms with Crippen LogP contribution in [0.25, 0.3) is 10.8 Å². The van der Waals surface area contributed by atoms with Gasteiger partial charge in [0.15, 0.2) is 23.3 Å². The molecule has 0 fully saturated rings. The number of benzene rings is 2. The van der Waals surface area contributed by atoms with E-state index < -0.39 is 11.7 Å². The molecule has 8 nitrogen and oxygen atoms in total. The Hall–Kier alpha value is -3.81. The van der Waals surface area contributed by atoms with Gasteiger partial charge in [-0.3, -0.25) is 4.79 Å². The van der Waals surface area contributed by atoms with Crippen LogP contribution in [0.2, 0.25) is 0 Å². The summed E-state index contributed by atoms with van der Waals surface area (Å²) in [6, 6.07) is 11.5. The minimum atomic E-state index is -0.588. The lowest BCUT2D eigenvalue weighted by molar-refractivity contribution is 0.102. The van der Waals surface area contributed by atoms with Crippen molar-refractivity contribution in [2.75, 3.05) is 5.32 Å². The van der Waals surface area contributed by atoms with Crippen molar-refractivity contribution in [3.8, 4) is 11.5 Å². The quantitative estimate of drug-likeness (QED) is 0.280. The maximum absolute atomic E-state index is 12.4. The van der Waals surface area contributed by atoms with Crippen LogP contribution in [0.4, 0.5) is 11.5 Å². The number of nitrogens with two attached hydrogens (primary N) is 2. The fourth-order valence-electron chi connectivity index (χ4n) is 2.35. The van der Waals surface area contributed by atoms with Crippen LogP contribution in [0, 0.1) is 0 Å². The van der Waals surface area contributed by atoms with Gasteiger partial charge in [-0.1, -0.05) is 24.3 Å². The standard InChI is InChI=1S/C17H15N5O3/c18-17(19)22-13-6-5-10(8-20-13)21-16(25)12-7-9-3-1-2-4-11(9)14(23)15(12)24/h1-8,23-24H,(H,21,25)(H4,18,19,20,22). The van der Waals surface area contributed by atoms with E-state index in [1.165, 1.54) is 18.3 Å². The van der Waals surface area contributed by atoms with Gasteiger partial charge in [-0.25, -0.2) is 4.98 Å². The Labute approximate surface area is 142 Å². The first kappa shape index (κ1) is 16.1. The van der Waals surface area contributed by atoms with Crippen LogP contribution < -0.4 is 16.8 Å². The highest BCUT2D eigenvalue weighted by atomic mass is 16.3. The van der Waals surface area contributed by atoms with Crippen molar-refractivity contribution in [3.63, 3.8) is 0 Å². The molecule has 0 aliphatic carbocycles. The number of phenolic OH excluding ortho intramolecular Hbond substituents is 2. The number of carbonyl (C=O) groups is 1. The summed E-state index contributed by atoms with van der Waals surface area (Å²) in [4.78, 5) is 20.2. The van der Waals surface area contributed by atoms with Crippen molar-refractivity contribution >= 4 is 34.1 Å². The Morgan fingerprint density at radius 3 is 2.52 bits per heavy atom. The van der Waals surface area contributed by atoms with Crippen molar-refractivity contribution in [1.82, 2.24) is 4.98 Å². The highest BCUT2D eigenvalue weighted by molar-refractivity contribution is 6.10. The molecule has 0 bridgehead atoms. The van der Waals surface area contributed by atoms with Gasteiger partial charge in [-0.15, -0.1) is 0 Å². The fraction of sp³-hybridized carbons (Fsp3) is 0. The Balaban J connectivity index is 1.90. The van der Waals surface area contributed by atoms with E-state index in [2.05, 4.69) is 15.3 Å². The Bertz CT molecular complexity index is 979. The van der Waals surface area contributed by atoms with Crippen molar-refractivity contribution < 1.29 is 15.0 Å². The maximum atomic E-state index is 12.4. The number of hydrogen-bond donors (Lipinski definition) is 5. The Morgan fingerprint density at radius 1 is 1.08 bits per heavy atom. The van der Waals surface area contributed by atoms with E-state index in [1.54, 1.807) is 30.3 Å². The summed E-state index contributed by atoms with van der Waals surface area (Å²) in [6.07, 6.45) is 1.37. The molecule has 25 heavy (non-hydrogen) atoms. The molecule has 0 atom stereocenters. The van der Waals surface area contributed by atoms with E-state index in [4.69, 9.17) is 11.5 Å². The molecule has 8 heteroatoms. The number of guanidine groups is 1. The number of rotatable bonds is 3. The van der Waals surface area contributed by atoms with Crippen molar-refractivity contribution in [2.24, 2.45) is 16.5 Å². The van der Waals surface area contributed by atoms with E-state index in [0.29, 0.717) is 22.3 Å². The van der Waals surface area contributed by atoms with Gasteiger partial charge >= 0.3 is 0 Å². The second-order valence-electron chi connectivity index (χ2n) is 5.24. The first-order valence-corrected chi connectivity index (χ1v) is 7.26. The number of amides is 1. The highest BCUT2D eigenvalue weighted by Gasteiger charge is 2.17. The molecule has 7 N–H and O–H groups in total. The molecule has 0 unspecified atom stereocenters. The molecule has 0 saturated heterocycles. The molecule has 126 valence electrons. The van der Waals surface area contributed by atoms with Crippen LogP contribution >= 0.6 is 0 Å². The predicted octanol–water partition coefficient (Wildman–Crippen LogP) is 1.80. The molecular weight excluding hydrogens is 322 g/mol. The number of nitrogens with zero attached hydrogens (tertiary/aromatic N) is 2. The van der Waals surface area contributed by atoms with Gasteiger partial charge in [0.25, 0.3) is 5.91 Å². The third kappa shape index (κ3) is 3.27. The van der Waals surface area contributed by atoms with E-state index in [1.807, 2.05) is 0 Å². The number of anilines is 1. The summed E-state index contributed by atoms with van der Waals surface area (Å²) in [5, 5.41) is 23.9. The monoisotopic (exact) mass is 337 g/mol. The number of aromatic hydroxyl groups is 2. The smallest absolute Gasteiger partial charge is 0.259 e. The summed E-state index contributed by atoms with van der Waals surface area (Å²) < 4.78 is 0. The van der Waals surface area contributed by atoms with E-state index in [0.717, 1.165) is 0 Å². The topological polar surface area (TPSA) is 147 Å². The van der Waals surface area contributed by atoms with Gasteiger partial charge < -0.3 is 27.0 Å². The molecule has 1 amide bonds. The lowest BCUT2D eigenvalue weighted by atomic mass is 10.0. The van der Waals surface area contributed by atoms with Gasteiger partial charge in [-0.2, -0.15) is 4.99 Å². The number of aromatic nitrogens is 1. The average Bonchev–Trinajstić information content (AvgIpc) is 2.59. The lowest BCUT2D eigenvalue weighted by Crippen LogP contribution is -2.22. The van der Waals surface area contributed by atoms with Gasteiger partial charge in [0.2, 0.25) is 0 Å². The summed E-state index contributed by atoms with van der Waals surface area (Å²) >= 11 is 0. The molecule has 2 aromatic carbocycles. The molecule has 0 radical (unpaired) electrons.